The van der Waals surface area contributed by atoms with Crippen molar-refractivity contribution in [3.8, 4) is 0 Å². The molecule has 0 aromatic carbocycles. The molecule has 0 aliphatic carbocycles. The molecule has 0 saturated carbocycles. The first-order valence-electron chi connectivity index (χ1n) is 4.24. The highest BCUT2D eigenvalue weighted by Crippen LogP contribution is 2.22. The third-order valence-corrected chi connectivity index (χ3v) is 2.42. The third-order valence-electron chi connectivity index (χ3n) is 1.99. The zero-order valence-electron chi connectivity index (χ0n) is 7.47. The Kier molecular flexibility index (Phi) is 3.73. The fraction of sp³-hybridized carbons (Fsp3) is 0.400. The average molecular weight is 227 g/mol. The number of aromatic nitrogens is 1. The van der Waals surface area contributed by atoms with Gasteiger partial charge < -0.3 is 0 Å². The van der Waals surface area contributed by atoms with Crippen molar-refractivity contribution in [3.63, 3.8) is 0 Å². The molecule has 0 fully saturated rings. The molecule has 65 valence electrons. The minimum absolute atomic E-state index is 0.916. The van der Waals surface area contributed by atoms with Gasteiger partial charge in [0.1, 0.15) is 4.60 Å². The maximum absolute atomic E-state index is 4.09. The Balaban J connectivity index is 2.85. The van der Waals surface area contributed by atoms with Gasteiger partial charge in [0.15, 0.2) is 0 Å². The van der Waals surface area contributed by atoms with Gasteiger partial charge >= 0.3 is 0 Å². The van der Waals surface area contributed by atoms with Crippen molar-refractivity contribution >= 4 is 15.9 Å². The van der Waals surface area contributed by atoms with Crippen LogP contribution in [0.4, 0.5) is 0 Å². The van der Waals surface area contributed by atoms with Crippen LogP contribution in [0.25, 0.3) is 0 Å². The lowest BCUT2D eigenvalue weighted by atomic mass is 9.95. The van der Waals surface area contributed by atoms with E-state index >= 15 is 0 Å². The number of rotatable bonds is 3. The van der Waals surface area contributed by atoms with Crippen molar-refractivity contribution in [3.05, 3.63) is 34.4 Å². The molecule has 0 aliphatic heterocycles. The lowest BCUT2D eigenvalue weighted by molar-refractivity contribution is 0.847. The summed E-state index contributed by atoms with van der Waals surface area (Å²) < 4.78 is 0.916. The van der Waals surface area contributed by atoms with Gasteiger partial charge in [-0.2, -0.15) is 0 Å². The molecule has 0 atom stereocenters. The van der Waals surface area contributed by atoms with Gasteiger partial charge in [0, 0.05) is 12.1 Å². The van der Waals surface area contributed by atoms with E-state index in [4.69, 9.17) is 0 Å². The van der Waals surface area contributed by atoms with Crippen LogP contribution in [-0.4, -0.2) is 4.98 Å². The summed E-state index contributed by atoms with van der Waals surface area (Å²) in [6, 6.07) is 4.13. The van der Waals surface area contributed by atoms with Crippen molar-refractivity contribution in [1.29, 1.82) is 0 Å². The summed E-state index contributed by atoms with van der Waals surface area (Å²) in [7, 11) is 0. The van der Waals surface area contributed by atoms with Crippen LogP contribution in [0.2, 0.25) is 0 Å². The highest BCUT2D eigenvalue weighted by atomic mass is 79.9. The second-order valence-electron chi connectivity index (χ2n) is 2.68. The minimum atomic E-state index is 0.916. The van der Waals surface area contributed by atoms with E-state index in [1.165, 1.54) is 11.5 Å². The van der Waals surface area contributed by atoms with Crippen molar-refractivity contribution in [2.24, 2.45) is 0 Å². The van der Waals surface area contributed by atoms with E-state index in [1.54, 1.807) is 0 Å². The van der Waals surface area contributed by atoms with Crippen LogP contribution in [0.3, 0.4) is 0 Å². The van der Waals surface area contributed by atoms with Crippen molar-refractivity contribution in [2.45, 2.75) is 26.7 Å². The van der Waals surface area contributed by atoms with Crippen LogP contribution in [0.5, 0.6) is 0 Å². The Labute approximate surface area is 82.3 Å². The topological polar surface area (TPSA) is 12.9 Å². The van der Waals surface area contributed by atoms with Crippen LogP contribution >= 0.6 is 15.9 Å². The van der Waals surface area contributed by atoms with Crippen molar-refractivity contribution in [2.75, 3.05) is 0 Å². The van der Waals surface area contributed by atoms with Crippen LogP contribution < -0.4 is 0 Å². The molecule has 0 saturated heterocycles. The third kappa shape index (κ3) is 2.31. The zero-order chi connectivity index (χ0) is 8.97. The Morgan fingerprint density at radius 1 is 1.42 bits per heavy atom. The molecule has 0 bridgehead atoms. The Bertz CT molecular complexity index is 243. The number of halogens is 1. The predicted molar refractivity (Wildman–Crippen MR) is 54.9 cm³/mol. The number of hydrogen-bond acceptors (Lipinski definition) is 1. The van der Waals surface area contributed by atoms with E-state index in [-0.39, 0.29) is 0 Å². The van der Waals surface area contributed by atoms with Crippen molar-refractivity contribution < 1.29 is 0 Å². The average Bonchev–Trinajstić information content (AvgIpc) is 2.07. The molecule has 0 spiro atoms. The molecule has 0 N–H and O–H groups in total. The maximum atomic E-state index is 4.09. The molecule has 12 heavy (non-hydrogen) atoms. The van der Waals surface area contributed by atoms with E-state index in [1.807, 2.05) is 6.20 Å². The minimum Gasteiger partial charge on any atom is -0.249 e. The van der Waals surface area contributed by atoms with Crippen LogP contribution in [0, 0.1) is 5.92 Å². The first-order valence-corrected chi connectivity index (χ1v) is 5.03. The van der Waals surface area contributed by atoms with Gasteiger partial charge in [0.05, 0.1) is 0 Å². The molecule has 1 heterocycles. The summed E-state index contributed by atoms with van der Waals surface area (Å²) >= 11 is 3.36. The second-order valence-corrected chi connectivity index (χ2v) is 3.49. The maximum Gasteiger partial charge on any atom is 0.106 e. The lowest BCUT2D eigenvalue weighted by Gasteiger charge is -2.11. The zero-order valence-corrected chi connectivity index (χ0v) is 9.06. The summed E-state index contributed by atoms with van der Waals surface area (Å²) in [5.41, 5.74) is 1.31. The van der Waals surface area contributed by atoms with Crippen LogP contribution in [-0.2, 0) is 0 Å². The highest BCUT2D eigenvalue weighted by molar-refractivity contribution is 9.10. The molecule has 1 rings (SSSR count). The molecule has 0 unspecified atom stereocenters. The first kappa shape index (κ1) is 9.72. The summed E-state index contributed by atoms with van der Waals surface area (Å²) in [6.07, 6.45) is 4.07. The molecule has 1 aromatic heterocycles. The Morgan fingerprint density at radius 3 is 2.58 bits per heavy atom. The largest absolute Gasteiger partial charge is 0.249 e. The highest BCUT2D eigenvalue weighted by Gasteiger charge is 2.07. The molecule has 0 aliphatic rings. The van der Waals surface area contributed by atoms with Crippen molar-refractivity contribution in [1.82, 2.24) is 4.98 Å². The molecule has 0 amide bonds. The number of pyridine rings is 1. The standard InChI is InChI=1S/C10H13BrN/c1-3-8(4-2)9-5-6-12-10(11)7-9/h5-7H,3-4H2,1-2H3. The number of nitrogens with zero attached hydrogens (tertiary/aromatic N) is 1. The van der Waals surface area contributed by atoms with E-state index < -0.39 is 0 Å². The molecule has 1 nitrogen and oxygen atoms in total. The van der Waals surface area contributed by atoms with Gasteiger partial charge in [0.2, 0.25) is 0 Å². The van der Waals surface area contributed by atoms with E-state index in [2.05, 4.69) is 46.9 Å². The van der Waals surface area contributed by atoms with Crippen LogP contribution in [0.1, 0.15) is 32.3 Å². The molecule has 1 aromatic rings. The summed E-state index contributed by atoms with van der Waals surface area (Å²) in [5.74, 6) is 1.48. The van der Waals surface area contributed by atoms with E-state index in [9.17, 15) is 0 Å². The van der Waals surface area contributed by atoms with Gasteiger partial charge in [-0.25, -0.2) is 4.98 Å². The first-order chi connectivity index (χ1) is 5.77. The van der Waals surface area contributed by atoms with E-state index in [0.29, 0.717) is 0 Å². The quantitative estimate of drug-likeness (QED) is 0.719. The van der Waals surface area contributed by atoms with Gasteiger partial charge in [-0.3, -0.25) is 0 Å². The van der Waals surface area contributed by atoms with Gasteiger partial charge in [0.25, 0.3) is 0 Å². The fourth-order valence-electron chi connectivity index (χ4n) is 1.28. The SMILES string of the molecule is CC[C](CC)c1ccnc(Br)c1. The summed E-state index contributed by atoms with van der Waals surface area (Å²) in [6.45, 7) is 4.38. The Hall–Kier alpha value is -0.370. The predicted octanol–water partition coefficient (Wildman–Crippen LogP) is 3.59. The second kappa shape index (κ2) is 4.61. The molecular formula is C10H13BrN. The monoisotopic (exact) mass is 226 g/mol. The summed E-state index contributed by atoms with van der Waals surface area (Å²) in [5, 5.41) is 0. The molecular weight excluding hydrogens is 214 g/mol. The van der Waals surface area contributed by atoms with Gasteiger partial charge in [-0.05, 0) is 46.5 Å². The fourth-order valence-corrected chi connectivity index (χ4v) is 1.65. The summed E-state index contributed by atoms with van der Waals surface area (Å²) in [4.78, 5) is 4.09. The smallest absolute Gasteiger partial charge is 0.106 e. The molecule has 2 heteroatoms. The Morgan fingerprint density at radius 2 is 2.08 bits per heavy atom. The lowest BCUT2D eigenvalue weighted by Crippen LogP contribution is -1.96. The number of hydrogen-bond donors (Lipinski definition) is 0. The van der Waals surface area contributed by atoms with Gasteiger partial charge in [-0.1, -0.05) is 13.8 Å². The molecule has 1 radical (unpaired) electrons. The van der Waals surface area contributed by atoms with E-state index in [0.717, 1.165) is 17.4 Å². The van der Waals surface area contributed by atoms with Crippen LogP contribution in [0.15, 0.2) is 22.9 Å². The van der Waals surface area contributed by atoms with Gasteiger partial charge in [-0.15, -0.1) is 0 Å². The normalized spacial score (nSPS) is 10.7.